The van der Waals surface area contributed by atoms with Crippen LogP contribution in [0.5, 0.6) is 0 Å². The number of thiophene rings is 1. The molecule has 0 aliphatic heterocycles. The van der Waals surface area contributed by atoms with Crippen LogP contribution in [0.4, 0.5) is 0 Å². The van der Waals surface area contributed by atoms with E-state index >= 15 is 0 Å². The molecule has 0 unspecified atom stereocenters. The summed E-state index contributed by atoms with van der Waals surface area (Å²) in [5.74, 6) is 0. The highest BCUT2D eigenvalue weighted by Gasteiger charge is 2.21. The first-order chi connectivity index (χ1) is 17.8. The molecular formula is C32H19NO2S. The lowest BCUT2D eigenvalue weighted by Crippen LogP contribution is -1.87. The zero-order chi connectivity index (χ0) is 23.8. The standard InChI is InChI=1S/C32H19NO2S/c1-18-20-8-4-7-13-28(20)36-32(18)19-14-15-33-24(16-19)23-17-27-29(21-9-2-5-11-25(21)34-27)30-22-10-3-6-12-26(22)35-31(23)30/h2-17H,1H3. The highest BCUT2D eigenvalue weighted by molar-refractivity contribution is 7.22. The molecule has 0 saturated carbocycles. The van der Waals surface area contributed by atoms with E-state index in [0.717, 1.165) is 60.7 Å². The first kappa shape index (κ1) is 19.8. The Labute approximate surface area is 210 Å². The van der Waals surface area contributed by atoms with E-state index in [2.05, 4.69) is 73.7 Å². The molecule has 36 heavy (non-hydrogen) atoms. The van der Waals surface area contributed by atoms with E-state index in [1.54, 1.807) is 0 Å². The normalized spacial score (nSPS) is 12.0. The third kappa shape index (κ3) is 2.70. The largest absolute Gasteiger partial charge is 0.456 e. The van der Waals surface area contributed by atoms with E-state index in [1.807, 2.05) is 41.8 Å². The molecular weight excluding hydrogens is 462 g/mol. The van der Waals surface area contributed by atoms with Crippen LogP contribution in [0, 0.1) is 6.92 Å². The zero-order valence-electron chi connectivity index (χ0n) is 19.4. The van der Waals surface area contributed by atoms with Crippen molar-refractivity contribution in [1.82, 2.24) is 4.98 Å². The summed E-state index contributed by atoms with van der Waals surface area (Å²) in [6.45, 7) is 2.20. The maximum Gasteiger partial charge on any atom is 0.145 e. The Hall–Kier alpha value is -4.41. The first-order valence-electron chi connectivity index (χ1n) is 12.0. The molecule has 8 aromatic rings. The van der Waals surface area contributed by atoms with Gasteiger partial charge in [0.2, 0.25) is 0 Å². The molecule has 0 saturated heterocycles. The lowest BCUT2D eigenvalue weighted by Gasteiger charge is -2.06. The zero-order valence-corrected chi connectivity index (χ0v) is 20.2. The number of aryl methyl sites for hydroxylation is 1. The number of hydrogen-bond acceptors (Lipinski definition) is 4. The van der Waals surface area contributed by atoms with Crippen LogP contribution in [0.3, 0.4) is 0 Å². The van der Waals surface area contributed by atoms with Gasteiger partial charge in [0.05, 0.1) is 5.69 Å². The predicted molar refractivity (Wildman–Crippen MR) is 150 cm³/mol. The maximum atomic E-state index is 6.50. The van der Waals surface area contributed by atoms with Crippen molar-refractivity contribution in [3.63, 3.8) is 0 Å². The second-order valence-electron chi connectivity index (χ2n) is 9.18. The number of para-hydroxylation sites is 2. The Bertz CT molecular complexity index is 2130. The summed E-state index contributed by atoms with van der Waals surface area (Å²) in [7, 11) is 0. The summed E-state index contributed by atoms with van der Waals surface area (Å²) in [5.41, 5.74) is 7.69. The number of rotatable bonds is 2. The summed E-state index contributed by atoms with van der Waals surface area (Å²) in [5, 5.41) is 5.65. The quantitative estimate of drug-likeness (QED) is 0.247. The Morgan fingerprint density at radius 1 is 0.667 bits per heavy atom. The van der Waals surface area contributed by atoms with E-state index in [0.29, 0.717) is 0 Å². The first-order valence-corrected chi connectivity index (χ1v) is 12.8. The molecule has 0 spiro atoms. The molecule has 4 heterocycles. The molecule has 0 radical (unpaired) electrons. The second kappa shape index (κ2) is 7.30. The number of nitrogens with zero attached hydrogens (tertiary/aromatic N) is 1. The van der Waals surface area contributed by atoms with Gasteiger partial charge in [-0.05, 0) is 59.8 Å². The molecule has 0 aliphatic rings. The monoisotopic (exact) mass is 481 g/mol. The van der Waals surface area contributed by atoms with Gasteiger partial charge in [0.1, 0.15) is 22.3 Å². The van der Waals surface area contributed by atoms with Crippen LogP contribution in [-0.4, -0.2) is 4.98 Å². The molecule has 4 heteroatoms. The van der Waals surface area contributed by atoms with Crippen LogP contribution in [0.15, 0.2) is 106 Å². The molecule has 0 amide bonds. The van der Waals surface area contributed by atoms with Crippen LogP contribution in [0.1, 0.15) is 5.56 Å². The van der Waals surface area contributed by atoms with Crippen LogP contribution >= 0.6 is 11.3 Å². The average molecular weight is 482 g/mol. The van der Waals surface area contributed by atoms with E-state index in [9.17, 15) is 0 Å². The fraction of sp³-hybridized carbons (Fsp3) is 0.0312. The molecule has 4 aromatic carbocycles. The summed E-state index contributed by atoms with van der Waals surface area (Å²) in [6.07, 6.45) is 1.89. The summed E-state index contributed by atoms with van der Waals surface area (Å²) in [6, 6.07) is 31.4. The van der Waals surface area contributed by atoms with Crippen molar-refractivity contribution in [3.05, 3.63) is 103 Å². The van der Waals surface area contributed by atoms with Gasteiger partial charge in [-0.3, -0.25) is 4.98 Å². The summed E-state index contributed by atoms with van der Waals surface area (Å²) >= 11 is 1.82. The highest BCUT2D eigenvalue weighted by Crippen LogP contribution is 2.45. The molecule has 4 aromatic heterocycles. The minimum atomic E-state index is 0.841. The van der Waals surface area contributed by atoms with E-state index in [-0.39, 0.29) is 0 Å². The van der Waals surface area contributed by atoms with Gasteiger partial charge in [-0.25, -0.2) is 0 Å². The van der Waals surface area contributed by atoms with Crippen LogP contribution in [0.2, 0.25) is 0 Å². The summed E-state index contributed by atoms with van der Waals surface area (Å²) < 4.78 is 14.1. The molecule has 0 fully saturated rings. The minimum absolute atomic E-state index is 0.841. The number of pyridine rings is 1. The fourth-order valence-electron chi connectivity index (χ4n) is 5.46. The van der Waals surface area contributed by atoms with E-state index < -0.39 is 0 Å². The lowest BCUT2D eigenvalue weighted by molar-refractivity contribution is 0.663. The molecule has 0 aliphatic carbocycles. The van der Waals surface area contributed by atoms with Crippen molar-refractivity contribution in [2.24, 2.45) is 0 Å². The molecule has 170 valence electrons. The molecule has 8 rings (SSSR count). The van der Waals surface area contributed by atoms with Gasteiger partial charge < -0.3 is 8.83 Å². The van der Waals surface area contributed by atoms with Gasteiger partial charge >= 0.3 is 0 Å². The number of hydrogen-bond donors (Lipinski definition) is 0. The van der Waals surface area contributed by atoms with Gasteiger partial charge in [0.25, 0.3) is 0 Å². The van der Waals surface area contributed by atoms with Crippen molar-refractivity contribution >= 4 is 65.3 Å². The van der Waals surface area contributed by atoms with Crippen LogP contribution < -0.4 is 0 Å². The van der Waals surface area contributed by atoms with Gasteiger partial charge in [-0.2, -0.15) is 0 Å². The van der Waals surface area contributed by atoms with Crippen LogP contribution in [-0.2, 0) is 0 Å². The van der Waals surface area contributed by atoms with Crippen molar-refractivity contribution in [1.29, 1.82) is 0 Å². The molecule has 0 bridgehead atoms. The van der Waals surface area contributed by atoms with Gasteiger partial charge in [0, 0.05) is 42.9 Å². The topological polar surface area (TPSA) is 39.2 Å². The molecule has 0 N–H and O–H groups in total. The van der Waals surface area contributed by atoms with Gasteiger partial charge in [-0.15, -0.1) is 11.3 Å². The number of furan rings is 2. The third-order valence-corrected chi connectivity index (χ3v) is 8.45. The molecule has 0 atom stereocenters. The second-order valence-corrected chi connectivity index (χ2v) is 10.2. The van der Waals surface area contributed by atoms with Gasteiger partial charge in [-0.1, -0.05) is 54.6 Å². The lowest BCUT2D eigenvalue weighted by atomic mass is 9.99. The Morgan fingerprint density at radius 2 is 1.36 bits per heavy atom. The number of aromatic nitrogens is 1. The van der Waals surface area contributed by atoms with Crippen molar-refractivity contribution in [2.45, 2.75) is 6.92 Å². The van der Waals surface area contributed by atoms with Crippen LogP contribution in [0.25, 0.3) is 75.7 Å². The fourth-order valence-corrected chi connectivity index (χ4v) is 6.67. The Morgan fingerprint density at radius 3 is 2.17 bits per heavy atom. The Balaban J connectivity index is 1.45. The van der Waals surface area contributed by atoms with E-state index in [1.165, 1.54) is 20.5 Å². The van der Waals surface area contributed by atoms with E-state index in [4.69, 9.17) is 13.8 Å². The number of benzene rings is 4. The predicted octanol–water partition coefficient (Wildman–Crippen LogP) is 9.74. The average Bonchev–Trinajstić information content (AvgIpc) is 3.59. The smallest absolute Gasteiger partial charge is 0.145 e. The Kier molecular flexibility index (Phi) is 4.02. The number of fused-ring (bicyclic) bond motifs is 8. The SMILES string of the molecule is Cc1c(-c2ccnc(-c3cc4oc5ccccc5c4c4c3oc3ccccc34)c2)sc2ccccc12. The van der Waals surface area contributed by atoms with Crippen molar-refractivity contribution in [2.75, 3.05) is 0 Å². The third-order valence-electron chi connectivity index (χ3n) is 7.13. The van der Waals surface area contributed by atoms with Crippen molar-refractivity contribution in [3.8, 4) is 21.7 Å². The van der Waals surface area contributed by atoms with Gasteiger partial charge in [0.15, 0.2) is 0 Å². The van der Waals surface area contributed by atoms with Crippen molar-refractivity contribution < 1.29 is 8.83 Å². The molecule has 3 nitrogen and oxygen atoms in total. The minimum Gasteiger partial charge on any atom is -0.456 e. The summed E-state index contributed by atoms with van der Waals surface area (Å²) in [4.78, 5) is 6.07. The maximum absolute atomic E-state index is 6.50. The highest BCUT2D eigenvalue weighted by atomic mass is 32.1.